The van der Waals surface area contributed by atoms with Gasteiger partial charge in [-0.2, -0.15) is 0 Å². The molecule has 0 radical (unpaired) electrons. The van der Waals surface area contributed by atoms with Crippen molar-refractivity contribution in [3.8, 4) is 0 Å². The summed E-state index contributed by atoms with van der Waals surface area (Å²) >= 11 is 1.27. The highest BCUT2D eigenvalue weighted by atomic mass is 32.2. The van der Waals surface area contributed by atoms with Gasteiger partial charge in [0.25, 0.3) is 0 Å². The molecule has 0 aromatic heterocycles. The molecule has 0 heterocycles. The first-order valence-electron chi connectivity index (χ1n) is 5.42. The van der Waals surface area contributed by atoms with Crippen LogP contribution in [0.15, 0.2) is 24.3 Å². The Hall–Kier alpha value is -1.56. The summed E-state index contributed by atoms with van der Waals surface area (Å²) in [5.41, 5.74) is 0.551. The molecule has 0 fully saturated rings. The minimum absolute atomic E-state index is 0.100. The van der Waals surface area contributed by atoms with Gasteiger partial charge in [0.1, 0.15) is 5.82 Å². The zero-order chi connectivity index (χ0) is 13.5. The molecule has 98 valence electrons. The lowest BCUT2D eigenvalue weighted by Crippen LogP contribution is -2.38. The number of carbonyl (C=O) groups is 2. The highest BCUT2D eigenvalue weighted by Gasteiger charge is 2.13. The molecule has 1 atom stereocenters. The number of hydrogen-bond acceptors (Lipinski definition) is 3. The molecule has 0 saturated heterocycles. The highest BCUT2D eigenvalue weighted by Crippen LogP contribution is 2.29. The number of halogens is 1. The van der Waals surface area contributed by atoms with E-state index < -0.39 is 11.9 Å². The zero-order valence-corrected chi connectivity index (χ0v) is 11.0. The molecule has 0 unspecified atom stereocenters. The van der Waals surface area contributed by atoms with Gasteiger partial charge in [0.05, 0.1) is 5.75 Å². The van der Waals surface area contributed by atoms with E-state index in [9.17, 15) is 14.0 Å². The Labute approximate surface area is 109 Å². The molecule has 0 aliphatic heterocycles. The molecule has 18 heavy (non-hydrogen) atoms. The average molecular weight is 270 g/mol. The van der Waals surface area contributed by atoms with E-state index in [1.165, 1.54) is 24.9 Å². The van der Waals surface area contributed by atoms with Crippen molar-refractivity contribution in [1.29, 1.82) is 0 Å². The maximum atomic E-state index is 13.5. The predicted molar refractivity (Wildman–Crippen MR) is 69.9 cm³/mol. The number of thioether (sulfide) groups is 1. The molecule has 0 bridgehead atoms. The third-order valence-corrected chi connectivity index (χ3v) is 3.47. The Bertz CT molecular complexity index is 440. The van der Waals surface area contributed by atoms with Gasteiger partial charge < -0.3 is 5.32 Å². The molecule has 0 spiro atoms. The monoisotopic (exact) mass is 270 g/mol. The van der Waals surface area contributed by atoms with Crippen LogP contribution in [0, 0.1) is 5.82 Å². The smallest absolute Gasteiger partial charge is 0.321 e. The molecule has 0 saturated carbocycles. The molecule has 0 aliphatic carbocycles. The summed E-state index contributed by atoms with van der Waals surface area (Å²) in [6.07, 6.45) is 0. The number of rotatable bonds is 4. The van der Waals surface area contributed by atoms with Crippen LogP contribution in [0.25, 0.3) is 0 Å². The SMILES string of the molecule is CNC(=O)NC(=O)CS[C@@H](C)c1ccccc1F. The van der Waals surface area contributed by atoms with Crippen molar-refractivity contribution in [2.75, 3.05) is 12.8 Å². The zero-order valence-electron chi connectivity index (χ0n) is 10.2. The maximum Gasteiger partial charge on any atom is 0.321 e. The molecule has 2 N–H and O–H groups in total. The van der Waals surface area contributed by atoms with E-state index in [1.807, 2.05) is 6.92 Å². The minimum Gasteiger partial charge on any atom is -0.341 e. The Balaban J connectivity index is 2.47. The van der Waals surface area contributed by atoms with E-state index in [-0.39, 0.29) is 16.8 Å². The summed E-state index contributed by atoms with van der Waals surface area (Å²) in [7, 11) is 1.43. The van der Waals surface area contributed by atoms with Crippen LogP contribution in [-0.2, 0) is 4.79 Å². The van der Waals surface area contributed by atoms with Crippen LogP contribution in [0.5, 0.6) is 0 Å². The van der Waals surface area contributed by atoms with Crippen LogP contribution in [0.1, 0.15) is 17.7 Å². The summed E-state index contributed by atoms with van der Waals surface area (Å²) in [6, 6.07) is 5.90. The Morgan fingerprint density at radius 1 is 1.39 bits per heavy atom. The second-order valence-corrected chi connectivity index (χ2v) is 4.93. The van der Waals surface area contributed by atoms with Gasteiger partial charge in [-0.25, -0.2) is 9.18 Å². The molecule has 6 heteroatoms. The van der Waals surface area contributed by atoms with Crippen LogP contribution >= 0.6 is 11.8 Å². The van der Waals surface area contributed by atoms with Gasteiger partial charge in [0, 0.05) is 17.9 Å². The van der Waals surface area contributed by atoms with Gasteiger partial charge in [0.15, 0.2) is 0 Å². The van der Waals surface area contributed by atoms with Crippen molar-refractivity contribution >= 4 is 23.7 Å². The number of nitrogens with one attached hydrogen (secondary N) is 2. The van der Waals surface area contributed by atoms with E-state index in [2.05, 4.69) is 10.6 Å². The lowest BCUT2D eigenvalue weighted by Gasteiger charge is -2.12. The van der Waals surface area contributed by atoms with E-state index in [0.717, 1.165) is 0 Å². The van der Waals surface area contributed by atoms with Crippen LogP contribution < -0.4 is 10.6 Å². The van der Waals surface area contributed by atoms with Crippen molar-refractivity contribution in [1.82, 2.24) is 10.6 Å². The van der Waals surface area contributed by atoms with Gasteiger partial charge in [0.2, 0.25) is 5.91 Å². The topological polar surface area (TPSA) is 58.2 Å². The first-order chi connectivity index (χ1) is 8.54. The minimum atomic E-state index is -0.542. The number of hydrogen-bond donors (Lipinski definition) is 2. The number of urea groups is 1. The van der Waals surface area contributed by atoms with Crippen molar-refractivity contribution in [2.45, 2.75) is 12.2 Å². The van der Waals surface area contributed by atoms with E-state index in [4.69, 9.17) is 0 Å². The van der Waals surface area contributed by atoms with Gasteiger partial charge in [-0.05, 0) is 13.0 Å². The maximum absolute atomic E-state index is 13.5. The van der Waals surface area contributed by atoms with Crippen LogP contribution in [0.2, 0.25) is 0 Å². The fourth-order valence-corrected chi connectivity index (χ4v) is 2.16. The molecular formula is C12H15FN2O2S. The Morgan fingerprint density at radius 2 is 2.06 bits per heavy atom. The highest BCUT2D eigenvalue weighted by molar-refractivity contribution is 8.00. The molecule has 3 amide bonds. The van der Waals surface area contributed by atoms with Gasteiger partial charge in [-0.1, -0.05) is 18.2 Å². The molecule has 4 nitrogen and oxygen atoms in total. The number of carbonyl (C=O) groups excluding carboxylic acids is 2. The Kier molecular flexibility index (Phi) is 5.64. The normalized spacial score (nSPS) is 11.7. The summed E-state index contributed by atoms with van der Waals surface area (Å²) in [4.78, 5) is 22.2. The lowest BCUT2D eigenvalue weighted by molar-refractivity contribution is -0.117. The lowest BCUT2D eigenvalue weighted by atomic mass is 10.1. The van der Waals surface area contributed by atoms with Crippen molar-refractivity contribution in [3.05, 3.63) is 35.6 Å². The standard InChI is InChI=1S/C12H15FN2O2S/c1-8(9-5-3-4-6-10(9)13)18-7-11(16)15-12(17)14-2/h3-6,8H,7H2,1-2H3,(H2,14,15,16,17)/t8-/m0/s1. The van der Waals surface area contributed by atoms with Crippen LogP contribution in [0.3, 0.4) is 0 Å². The largest absolute Gasteiger partial charge is 0.341 e. The first kappa shape index (κ1) is 14.5. The molecule has 1 aromatic rings. The number of amides is 3. The summed E-state index contributed by atoms with van der Waals surface area (Å²) in [6.45, 7) is 1.82. The molecular weight excluding hydrogens is 255 g/mol. The second-order valence-electron chi connectivity index (χ2n) is 3.60. The quantitative estimate of drug-likeness (QED) is 0.880. The summed E-state index contributed by atoms with van der Waals surface area (Å²) in [5.74, 6) is -0.588. The third kappa shape index (κ3) is 4.37. The van der Waals surface area contributed by atoms with Gasteiger partial charge in [-0.3, -0.25) is 10.1 Å². The van der Waals surface area contributed by atoms with Crippen molar-refractivity contribution < 1.29 is 14.0 Å². The van der Waals surface area contributed by atoms with Crippen molar-refractivity contribution in [2.24, 2.45) is 0 Å². The fourth-order valence-electron chi connectivity index (χ4n) is 1.32. The van der Waals surface area contributed by atoms with Gasteiger partial charge in [-0.15, -0.1) is 11.8 Å². The summed E-state index contributed by atoms with van der Waals surface area (Å²) in [5, 5.41) is 4.28. The van der Waals surface area contributed by atoms with E-state index >= 15 is 0 Å². The number of benzene rings is 1. The van der Waals surface area contributed by atoms with Gasteiger partial charge >= 0.3 is 6.03 Å². The van der Waals surface area contributed by atoms with Crippen LogP contribution in [0.4, 0.5) is 9.18 Å². The molecule has 1 aromatic carbocycles. The average Bonchev–Trinajstić information content (AvgIpc) is 2.36. The predicted octanol–water partition coefficient (Wildman–Crippen LogP) is 2.08. The summed E-state index contributed by atoms with van der Waals surface area (Å²) < 4.78 is 13.5. The second kappa shape index (κ2) is 7.00. The van der Waals surface area contributed by atoms with Crippen LogP contribution in [-0.4, -0.2) is 24.7 Å². The Morgan fingerprint density at radius 3 is 2.67 bits per heavy atom. The van der Waals surface area contributed by atoms with E-state index in [0.29, 0.717) is 5.56 Å². The van der Waals surface area contributed by atoms with Crippen molar-refractivity contribution in [3.63, 3.8) is 0 Å². The molecule has 1 rings (SSSR count). The first-order valence-corrected chi connectivity index (χ1v) is 6.47. The third-order valence-electron chi connectivity index (χ3n) is 2.29. The number of imide groups is 1. The molecule has 0 aliphatic rings. The van der Waals surface area contributed by atoms with E-state index in [1.54, 1.807) is 18.2 Å². The fraction of sp³-hybridized carbons (Fsp3) is 0.333.